The number of hydrogen-bond acceptors (Lipinski definition) is 3. The van der Waals surface area contributed by atoms with Gasteiger partial charge in [0.1, 0.15) is 5.75 Å². The van der Waals surface area contributed by atoms with Crippen molar-refractivity contribution in [2.45, 2.75) is 38.6 Å². The highest BCUT2D eigenvalue weighted by Gasteiger charge is 2.20. The molecule has 0 radical (unpaired) electrons. The van der Waals surface area contributed by atoms with E-state index in [1.807, 2.05) is 13.1 Å². The standard InChI is InChI=1S/C24H34N4O/c1-3-18-29-23-11-7-8-20(19-23)12-15-26-24(25-2)27-21-13-16-28(17-14-21)22-9-5-4-6-10-22/h4-11,19,21H,3,12-18H2,1-2H3,(H2,25,26,27). The van der Waals surface area contributed by atoms with E-state index in [1.54, 1.807) is 0 Å². The first-order valence-electron chi connectivity index (χ1n) is 10.8. The van der Waals surface area contributed by atoms with Crippen molar-refractivity contribution in [2.75, 3.05) is 38.2 Å². The maximum Gasteiger partial charge on any atom is 0.191 e. The Balaban J connectivity index is 1.40. The van der Waals surface area contributed by atoms with Crippen LogP contribution in [0.1, 0.15) is 31.7 Å². The molecule has 2 aromatic rings. The molecule has 0 atom stereocenters. The minimum atomic E-state index is 0.465. The summed E-state index contributed by atoms with van der Waals surface area (Å²) in [5.74, 6) is 1.85. The minimum Gasteiger partial charge on any atom is -0.494 e. The molecule has 1 fully saturated rings. The normalized spacial score (nSPS) is 15.2. The molecule has 1 aliphatic heterocycles. The van der Waals surface area contributed by atoms with Crippen LogP contribution < -0.4 is 20.3 Å². The molecule has 5 nitrogen and oxygen atoms in total. The Morgan fingerprint density at radius 3 is 2.62 bits per heavy atom. The quantitative estimate of drug-likeness (QED) is 0.527. The van der Waals surface area contributed by atoms with Crippen LogP contribution in [0, 0.1) is 0 Å². The highest BCUT2D eigenvalue weighted by molar-refractivity contribution is 5.80. The molecule has 0 amide bonds. The lowest BCUT2D eigenvalue weighted by Gasteiger charge is -2.34. The van der Waals surface area contributed by atoms with Crippen LogP contribution in [-0.2, 0) is 6.42 Å². The van der Waals surface area contributed by atoms with Crippen molar-refractivity contribution in [1.82, 2.24) is 10.6 Å². The van der Waals surface area contributed by atoms with E-state index in [0.29, 0.717) is 6.04 Å². The van der Waals surface area contributed by atoms with Crippen LogP contribution in [0.3, 0.4) is 0 Å². The molecule has 2 aromatic carbocycles. The molecule has 3 rings (SSSR count). The van der Waals surface area contributed by atoms with E-state index in [1.165, 1.54) is 11.3 Å². The van der Waals surface area contributed by atoms with Gasteiger partial charge in [0.25, 0.3) is 0 Å². The van der Waals surface area contributed by atoms with Gasteiger partial charge in [0.05, 0.1) is 6.61 Å². The van der Waals surface area contributed by atoms with Gasteiger partial charge >= 0.3 is 0 Å². The first-order chi connectivity index (χ1) is 14.3. The predicted molar refractivity (Wildman–Crippen MR) is 122 cm³/mol. The molecule has 0 spiro atoms. The van der Waals surface area contributed by atoms with Gasteiger partial charge in [-0.15, -0.1) is 0 Å². The van der Waals surface area contributed by atoms with Crippen molar-refractivity contribution in [2.24, 2.45) is 4.99 Å². The Morgan fingerprint density at radius 1 is 1.10 bits per heavy atom. The molecule has 1 saturated heterocycles. The SMILES string of the molecule is CCCOc1cccc(CCNC(=NC)NC2CCN(c3ccccc3)CC2)c1. The fourth-order valence-corrected chi connectivity index (χ4v) is 3.64. The van der Waals surface area contributed by atoms with Gasteiger partial charge in [-0.1, -0.05) is 37.3 Å². The zero-order valence-electron chi connectivity index (χ0n) is 17.7. The average Bonchev–Trinajstić information content (AvgIpc) is 2.78. The summed E-state index contributed by atoms with van der Waals surface area (Å²) in [5.41, 5.74) is 2.59. The molecular formula is C24H34N4O. The van der Waals surface area contributed by atoms with Crippen LogP contribution in [-0.4, -0.2) is 45.3 Å². The van der Waals surface area contributed by atoms with Crippen molar-refractivity contribution in [1.29, 1.82) is 0 Å². The number of guanidine groups is 1. The summed E-state index contributed by atoms with van der Waals surface area (Å²) in [5, 5.41) is 7.05. The van der Waals surface area contributed by atoms with E-state index in [9.17, 15) is 0 Å². The molecule has 1 aliphatic rings. The van der Waals surface area contributed by atoms with Crippen LogP contribution in [0.25, 0.3) is 0 Å². The largest absolute Gasteiger partial charge is 0.494 e. The molecule has 0 unspecified atom stereocenters. The van der Waals surface area contributed by atoms with Gasteiger partial charge in [-0.3, -0.25) is 4.99 Å². The zero-order valence-corrected chi connectivity index (χ0v) is 17.7. The van der Waals surface area contributed by atoms with E-state index in [0.717, 1.165) is 63.6 Å². The summed E-state index contributed by atoms with van der Waals surface area (Å²) in [7, 11) is 1.84. The third kappa shape index (κ3) is 6.70. The third-order valence-corrected chi connectivity index (χ3v) is 5.26. The number of anilines is 1. The van der Waals surface area contributed by atoms with Gasteiger partial charge in [-0.25, -0.2) is 0 Å². The van der Waals surface area contributed by atoms with Crippen molar-refractivity contribution >= 4 is 11.6 Å². The number of ether oxygens (including phenoxy) is 1. The number of benzene rings is 2. The third-order valence-electron chi connectivity index (χ3n) is 5.26. The average molecular weight is 395 g/mol. The molecule has 0 bridgehead atoms. The van der Waals surface area contributed by atoms with E-state index in [-0.39, 0.29) is 0 Å². The first-order valence-corrected chi connectivity index (χ1v) is 10.8. The lowest BCUT2D eigenvalue weighted by atomic mass is 10.0. The summed E-state index contributed by atoms with van der Waals surface area (Å²) in [6.07, 6.45) is 4.20. The number of piperidine rings is 1. The van der Waals surface area contributed by atoms with Gasteiger partial charge in [-0.05, 0) is 55.5 Å². The topological polar surface area (TPSA) is 48.9 Å². The summed E-state index contributed by atoms with van der Waals surface area (Å²) >= 11 is 0. The van der Waals surface area contributed by atoms with Crippen molar-refractivity contribution in [3.8, 4) is 5.75 Å². The molecule has 1 heterocycles. The number of nitrogens with one attached hydrogen (secondary N) is 2. The van der Waals surface area contributed by atoms with E-state index in [2.05, 4.69) is 76.0 Å². The number of rotatable bonds is 8. The van der Waals surface area contributed by atoms with Crippen LogP contribution in [0.4, 0.5) is 5.69 Å². The van der Waals surface area contributed by atoms with Crippen molar-refractivity contribution < 1.29 is 4.74 Å². The van der Waals surface area contributed by atoms with Crippen LogP contribution in [0.15, 0.2) is 59.6 Å². The van der Waals surface area contributed by atoms with Gasteiger partial charge in [-0.2, -0.15) is 0 Å². The maximum atomic E-state index is 5.73. The van der Waals surface area contributed by atoms with E-state index < -0.39 is 0 Å². The highest BCUT2D eigenvalue weighted by Crippen LogP contribution is 2.19. The van der Waals surface area contributed by atoms with Gasteiger partial charge in [0.15, 0.2) is 5.96 Å². The van der Waals surface area contributed by atoms with Crippen LogP contribution in [0.5, 0.6) is 5.75 Å². The van der Waals surface area contributed by atoms with Gasteiger partial charge in [0, 0.05) is 38.4 Å². The summed E-state index contributed by atoms with van der Waals surface area (Å²) in [4.78, 5) is 6.87. The second-order valence-corrected chi connectivity index (χ2v) is 7.49. The Bertz CT molecular complexity index is 754. The van der Waals surface area contributed by atoms with E-state index in [4.69, 9.17) is 4.74 Å². The molecule has 0 aliphatic carbocycles. The molecule has 29 heavy (non-hydrogen) atoms. The summed E-state index contributed by atoms with van der Waals surface area (Å²) in [6, 6.07) is 19.5. The Kier molecular flexibility index (Phi) is 8.23. The fourth-order valence-electron chi connectivity index (χ4n) is 3.64. The lowest BCUT2D eigenvalue weighted by Crippen LogP contribution is -2.49. The Hall–Kier alpha value is -2.69. The number of nitrogens with zero attached hydrogens (tertiary/aromatic N) is 2. The predicted octanol–water partition coefficient (Wildman–Crippen LogP) is 3.85. The minimum absolute atomic E-state index is 0.465. The molecule has 2 N–H and O–H groups in total. The van der Waals surface area contributed by atoms with Crippen molar-refractivity contribution in [3.05, 3.63) is 60.2 Å². The summed E-state index contributed by atoms with van der Waals surface area (Å²) in [6.45, 7) is 5.88. The Labute approximate surface area is 175 Å². The van der Waals surface area contributed by atoms with Gasteiger partial charge < -0.3 is 20.3 Å². The number of aliphatic imine (C=N–C) groups is 1. The molecule has 0 aromatic heterocycles. The smallest absolute Gasteiger partial charge is 0.191 e. The Morgan fingerprint density at radius 2 is 1.90 bits per heavy atom. The molecular weight excluding hydrogens is 360 g/mol. The molecule has 5 heteroatoms. The lowest BCUT2D eigenvalue weighted by molar-refractivity contribution is 0.317. The number of hydrogen-bond donors (Lipinski definition) is 2. The zero-order chi connectivity index (χ0) is 20.3. The van der Waals surface area contributed by atoms with Crippen LogP contribution >= 0.6 is 0 Å². The molecule has 0 saturated carbocycles. The second kappa shape index (κ2) is 11.3. The fraction of sp³-hybridized carbons (Fsp3) is 0.458. The highest BCUT2D eigenvalue weighted by atomic mass is 16.5. The monoisotopic (exact) mass is 394 g/mol. The first kappa shape index (κ1) is 21.0. The number of para-hydroxylation sites is 1. The molecule has 156 valence electrons. The van der Waals surface area contributed by atoms with E-state index >= 15 is 0 Å². The maximum absolute atomic E-state index is 5.73. The second-order valence-electron chi connectivity index (χ2n) is 7.49. The van der Waals surface area contributed by atoms with Crippen LogP contribution in [0.2, 0.25) is 0 Å². The summed E-state index contributed by atoms with van der Waals surface area (Å²) < 4.78 is 5.73. The van der Waals surface area contributed by atoms with Crippen molar-refractivity contribution in [3.63, 3.8) is 0 Å². The van der Waals surface area contributed by atoms with Gasteiger partial charge in [0.2, 0.25) is 0 Å².